The van der Waals surface area contributed by atoms with Crippen LogP contribution in [0.5, 0.6) is 0 Å². The monoisotopic (exact) mass is 342 g/mol. The van der Waals surface area contributed by atoms with Gasteiger partial charge in [0.2, 0.25) is 0 Å². The molecule has 6 nitrogen and oxygen atoms in total. The van der Waals surface area contributed by atoms with Crippen LogP contribution in [0.4, 0.5) is 0 Å². The molecular formula is C17H11ClN2O4. The number of rotatable bonds is 4. The Hall–Kier alpha value is -3.12. The van der Waals surface area contributed by atoms with E-state index in [0.717, 1.165) is 0 Å². The second-order valence-electron chi connectivity index (χ2n) is 4.91. The number of hydrogen-bond donors (Lipinski definition) is 2. The van der Waals surface area contributed by atoms with Crippen LogP contribution >= 0.6 is 11.6 Å². The van der Waals surface area contributed by atoms with Crippen LogP contribution in [0.1, 0.15) is 20.8 Å². The summed E-state index contributed by atoms with van der Waals surface area (Å²) in [4.78, 5) is 23.2. The molecule has 0 fully saturated rings. The van der Waals surface area contributed by atoms with E-state index in [1.165, 1.54) is 4.68 Å². The van der Waals surface area contributed by atoms with E-state index < -0.39 is 17.6 Å². The fourth-order valence-electron chi connectivity index (χ4n) is 2.43. The number of halogens is 1. The van der Waals surface area contributed by atoms with Crippen LogP contribution < -0.4 is 0 Å². The first-order chi connectivity index (χ1) is 11.5. The molecule has 120 valence electrons. The molecule has 3 rings (SSSR count). The summed E-state index contributed by atoms with van der Waals surface area (Å²) in [5, 5.41) is 23.2. The first kappa shape index (κ1) is 15.8. The van der Waals surface area contributed by atoms with Crippen LogP contribution in [0.15, 0.2) is 54.6 Å². The lowest BCUT2D eigenvalue weighted by Gasteiger charge is -2.10. The Morgan fingerprint density at radius 2 is 1.54 bits per heavy atom. The molecule has 0 aliphatic carbocycles. The molecule has 0 aliphatic heterocycles. The summed E-state index contributed by atoms with van der Waals surface area (Å²) in [6, 6.07) is 15.3. The van der Waals surface area contributed by atoms with Gasteiger partial charge in [-0.15, -0.1) is 0 Å². The van der Waals surface area contributed by atoms with Gasteiger partial charge in [-0.1, -0.05) is 54.1 Å². The summed E-state index contributed by atoms with van der Waals surface area (Å²) < 4.78 is 1.25. The van der Waals surface area contributed by atoms with Gasteiger partial charge in [0, 0.05) is 5.56 Å². The molecule has 24 heavy (non-hydrogen) atoms. The maximum atomic E-state index is 11.7. The summed E-state index contributed by atoms with van der Waals surface area (Å²) in [6.45, 7) is 0. The molecule has 0 amide bonds. The molecule has 2 aromatic carbocycles. The summed E-state index contributed by atoms with van der Waals surface area (Å²) in [5.74, 6) is -2.79. The van der Waals surface area contributed by atoms with Gasteiger partial charge in [0.1, 0.15) is 5.56 Å². The van der Waals surface area contributed by atoms with Gasteiger partial charge >= 0.3 is 11.9 Å². The van der Waals surface area contributed by atoms with Crippen molar-refractivity contribution in [3.63, 3.8) is 0 Å². The zero-order valence-electron chi connectivity index (χ0n) is 12.2. The third kappa shape index (κ3) is 2.63. The fraction of sp³-hybridized carbons (Fsp3) is 0. The highest BCUT2D eigenvalue weighted by Gasteiger charge is 2.29. The van der Waals surface area contributed by atoms with Gasteiger partial charge in [-0.25, -0.2) is 14.3 Å². The van der Waals surface area contributed by atoms with Gasteiger partial charge in [-0.3, -0.25) is 0 Å². The Labute approximate surface area is 141 Å². The molecule has 0 saturated heterocycles. The van der Waals surface area contributed by atoms with Gasteiger partial charge < -0.3 is 10.2 Å². The van der Waals surface area contributed by atoms with E-state index >= 15 is 0 Å². The lowest BCUT2D eigenvalue weighted by molar-refractivity contribution is 0.0648. The third-order valence-corrected chi connectivity index (χ3v) is 3.75. The lowest BCUT2D eigenvalue weighted by Crippen LogP contribution is -2.07. The molecule has 0 atom stereocenters. The second kappa shape index (κ2) is 6.17. The Morgan fingerprint density at radius 3 is 2.12 bits per heavy atom. The standard InChI is InChI=1S/C17H11ClN2O4/c18-11-8-4-5-9-12(11)20-15(10-6-2-1-3-7-10)13(16(21)22)14(19-20)17(23)24/h1-9H,(H,21,22)(H,23,24). The first-order valence-corrected chi connectivity index (χ1v) is 7.28. The summed E-state index contributed by atoms with van der Waals surface area (Å²) in [6.07, 6.45) is 0. The largest absolute Gasteiger partial charge is 0.478 e. The minimum atomic E-state index is -1.42. The van der Waals surface area contributed by atoms with Crippen molar-refractivity contribution < 1.29 is 19.8 Å². The van der Waals surface area contributed by atoms with Crippen molar-refractivity contribution in [2.45, 2.75) is 0 Å². The fourth-order valence-corrected chi connectivity index (χ4v) is 2.65. The summed E-state index contributed by atoms with van der Waals surface area (Å²) in [5.41, 5.74) is 0.159. The van der Waals surface area contributed by atoms with Crippen molar-refractivity contribution in [3.05, 3.63) is 70.9 Å². The molecule has 0 unspecified atom stereocenters. The molecule has 7 heteroatoms. The molecule has 0 saturated carbocycles. The quantitative estimate of drug-likeness (QED) is 0.755. The molecule has 0 bridgehead atoms. The van der Waals surface area contributed by atoms with Crippen LogP contribution in [-0.2, 0) is 0 Å². The number of hydrogen-bond acceptors (Lipinski definition) is 3. The van der Waals surface area contributed by atoms with Crippen LogP contribution in [0.3, 0.4) is 0 Å². The number of aromatic carboxylic acids is 2. The average molecular weight is 343 g/mol. The highest BCUT2D eigenvalue weighted by Crippen LogP contribution is 2.31. The van der Waals surface area contributed by atoms with Gasteiger partial charge in [-0.2, -0.15) is 5.10 Å². The molecule has 2 N–H and O–H groups in total. The topological polar surface area (TPSA) is 92.4 Å². The average Bonchev–Trinajstić information content (AvgIpc) is 2.97. The van der Waals surface area contributed by atoms with Crippen molar-refractivity contribution in [2.75, 3.05) is 0 Å². The van der Waals surface area contributed by atoms with Crippen LogP contribution in [0.2, 0.25) is 5.02 Å². The zero-order valence-corrected chi connectivity index (χ0v) is 12.9. The maximum Gasteiger partial charge on any atom is 0.357 e. The smallest absolute Gasteiger partial charge is 0.357 e. The SMILES string of the molecule is O=C(O)c1nn(-c2ccccc2Cl)c(-c2ccccc2)c1C(=O)O. The Morgan fingerprint density at radius 1 is 0.917 bits per heavy atom. The predicted octanol–water partition coefficient (Wildman–Crippen LogP) is 3.59. The van der Waals surface area contributed by atoms with Crippen LogP contribution in [0, 0.1) is 0 Å². The third-order valence-electron chi connectivity index (χ3n) is 3.43. The highest BCUT2D eigenvalue weighted by atomic mass is 35.5. The molecule has 1 aromatic heterocycles. The van der Waals surface area contributed by atoms with E-state index in [1.807, 2.05) is 0 Å². The first-order valence-electron chi connectivity index (χ1n) is 6.90. The Bertz CT molecular complexity index is 935. The summed E-state index contributed by atoms with van der Waals surface area (Å²) in [7, 11) is 0. The van der Waals surface area contributed by atoms with E-state index in [0.29, 0.717) is 16.3 Å². The Balaban J connectivity index is 2.41. The van der Waals surface area contributed by atoms with Crippen molar-refractivity contribution in [2.24, 2.45) is 0 Å². The second-order valence-corrected chi connectivity index (χ2v) is 5.32. The van der Waals surface area contributed by atoms with Crippen LogP contribution in [0.25, 0.3) is 16.9 Å². The van der Waals surface area contributed by atoms with Crippen molar-refractivity contribution in [3.8, 4) is 16.9 Å². The van der Waals surface area contributed by atoms with E-state index in [9.17, 15) is 19.8 Å². The van der Waals surface area contributed by atoms with Crippen molar-refractivity contribution >= 4 is 23.5 Å². The molecule has 0 spiro atoms. The molecular weight excluding hydrogens is 332 g/mol. The minimum absolute atomic E-state index is 0.161. The van der Waals surface area contributed by atoms with E-state index in [1.54, 1.807) is 54.6 Å². The Kier molecular flexibility index (Phi) is 4.05. The number of nitrogens with zero attached hydrogens (tertiary/aromatic N) is 2. The van der Waals surface area contributed by atoms with E-state index in [4.69, 9.17) is 11.6 Å². The highest BCUT2D eigenvalue weighted by molar-refractivity contribution is 6.32. The van der Waals surface area contributed by atoms with Crippen molar-refractivity contribution in [1.29, 1.82) is 0 Å². The number of carboxylic acid groups (broad SMARTS) is 2. The van der Waals surface area contributed by atoms with E-state index in [-0.39, 0.29) is 11.3 Å². The summed E-state index contributed by atoms with van der Waals surface area (Å²) >= 11 is 6.18. The maximum absolute atomic E-state index is 11.7. The molecule has 1 heterocycles. The number of para-hydroxylation sites is 1. The molecule has 3 aromatic rings. The minimum Gasteiger partial charge on any atom is -0.478 e. The van der Waals surface area contributed by atoms with Crippen molar-refractivity contribution in [1.82, 2.24) is 9.78 Å². The van der Waals surface area contributed by atoms with E-state index in [2.05, 4.69) is 5.10 Å². The zero-order chi connectivity index (χ0) is 17.3. The van der Waals surface area contributed by atoms with Gasteiger partial charge in [0.15, 0.2) is 5.69 Å². The number of carboxylic acids is 2. The number of carbonyl (C=O) groups is 2. The molecule has 0 radical (unpaired) electrons. The number of benzene rings is 2. The van der Waals surface area contributed by atoms with Gasteiger partial charge in [0.25, 0.3) is 0 Å². The van der Waals surface area contributed by atoms with Crippen LogP contribution in [-0.4, -0.2) is 31.9 Å². The number of aromatic nitrogens is 2. The normalized spacial score (nSPS) is 10.5. The molecule has 0 aliphatic rings. The van der Waals surface area contributed by atoms with Gasteiger partial charge in [-0.05, 0) is 12.1 Å². The predicted molar refractivity (Wildman–Crippen MR) is 87.9 cm³/mol. The lowest BCUT2D eigenvalue weighted by atomic mass is 10.1. The van der Waals surface area contributed by atoms with Gasteiger partial charge in [0.05, 0.1) is 16.4 Å².